The maximum absolute atomic E-state index is 12.6. The Bertz CT molecular complexity index is 439. The van der Waals surface area contributed by atoms with Crippen molar-refractivity contribution in [2.24, 2.45) is 5.92 Å². The largest absolute Gasteiger partial charge is 0.444 e. The minimum Gasteiger partial charge on any atom is -0.444 e. The number of rotatable bonds is 8. The molecule has 1 fully saturated rings. The molecule has 0 aromatic rings. The summed E-state index contributed by atoms with van der Waals surface area (Å²) in [4.78, 5) is 14.4. The van der Waals surface area contributed by atoms with E-state index < -0.39 is 11.3 Å². The van der Waals surface area contributed by atoms with Gasteiger partial charge in [-0.05, 0) is 53.4 Å². The van der Waals surface area contributed by atoms with Gasteiger partial charge in [0, 0.05) is 0 Å². The van der Waals surface area contributed by atoms with Gasteiger partial charge in [0.15, 0.2) is 0 Å². The molecule has 0 bridgehead atoms. The molecule has 0 aromatic heterocycles. The molecule has 0 radical (unpaired) electrons. The summed E-state index contributed by atoms with van der Waals surface area (Å²) in [5, 5.41) is 0. The van der Waals surface area contributed by atoms with Gasteiger partial charge in [-0.25, -0.2) is 4.79 Å². The first-order chi connectivity index (χ1) is 11.1. The van der Waals surface area contributed by atoms with Crippen molar-refractivity contribution >= 4 is 6.09 Å². The predicted molar refractivity (Wildman–Crippen MR) is 95.8 cm³/mol. The Labute approximate surface area is 146 Å². The molecule has 0 spiro atoms. The molecule has 0 saturated carbocycles. The van der Waals surface area contributed by atoms with E-state index in [0.29, 0.717) is 19.8 Å². The number of ether oxygens (including phenoxy) is 3. The van der Waals surface area contributed by atoms with Gasteiger partial charge in [0.05, 0.1) is 25.9 Å². The minimum absolute atomic E-state index is 0.0351. The highest BCUT2D eigenvalue weighted by atomic mass is 16.6. The summed E-state index contributed by atoms with van der Waals surface area (Å²) in [5.41, 5.74) is -1.21. The average Bonchev–Trinajstić information content (AvgIpc) is 2.72. The molecule has 1 saturated heterocycles. The van der Waals surface area contributed by atoms with Crippen LogP contribution < -0.4 is 0 Å². The van der Waals surface area contributed by atoms with Crippen LogP contribution in [0.1, 0.15) is 47.5 Å². The van der Waals surface area contributed by atoms with Crippen LogP contribution >= 0.6 is 0 Å². The van der Waals surface area contributed by atoms with Crippen molar-refractivity contribution in [2.75, 3.05) is 19.8 Å². The lowest BCUT2D eigenvalue weighted by atomic mass is 9.96. The second kappa shape index (κ2) is 8.67. The van der Waals surface area contributed by atoms with Crippen molar-refractivity contribution in [3.63, 3.8) is 0 Å². The van der Waals surface area contributed by atoms with Crippen molar-refractivity contribution in [2.45, 2.75) is 64.8 Å². The molecule has 0 N–H and O–H groups in total. The lowest BCUT2D eigenvalue weighted by molar-refractivity contribution is -0.0634. The molecule has 1 amide bonds. The Balaban J connectivity index is 2.80. The van der Waals surface area contributed by atoms with Gasteiger partial charge >= 0.3 is 6.09 Å². The fourth-order valence-electron chi connectivity index (χ4n) is 2.91. The van der Waals surface area contributed by atoms with Crippen LogP contribution in [-0.2, 0) is 14.2 Å². The lowest BCUT2D eigenvalue weighted by Crippen LogP contribution is -2.50. The van der Waals surface area contributed by atoms with Crippen LogP contribution in [0.3, 0.4) is 0 Å². The van der Waals surface area contributed by atoms with Gasteiger partial charge in [0.25, 0.3) is 0 Å². The van der Waals surface area contributed by atoms with Crippen LogP contribution in [0.2, 0.25) is 0 Å². The number of carbonyl (C=O) groups excluding carboxylic acids is 1. The highest BCUT2D eigenvalue weighted by Gasteiger charge is 2.46. The average molecular weight is 339 g/mol. The second-order valence-electron chi connectivity index (χ2n) is 7.71. The lowest BCUT2D eigenvalue weighted by Gasteiger charge is -2.36. The standard InChI is InChI=1S/C19H33NO4/c1-8-10-15(13-22-11-9-2)12-16-14-23-19(6,7)20(16)17(21)24-18(3,4)5/h8-9,15-16H,1-2,10-14H2,3-7H3/t15-,16+/m1/s1. The smallest absolute Gasteiger partial charge is 0.412 e. The van der Waals surface area contributed by atoms with Crippen LogP contribution in [0.4, 0.5) is 4.79 Å². The highest BCUT2D eigenvalue weighted by Crippen LogP contribution is 2.33. The van der Waals surface area contributed by atoms with E-state index in [4.69, 9.17) is 14.2 Å². The van der Waals surface area contributed by atoms with Crippen molar-refractivity contribution < 1.29 is 19.0 Å². The second-order valence-corrected chi connectivity index (χ2v) is 7.71. The third-order valence-electron chi connectivity index (χ3n) is 3.86. The minimum atomic E-state index is -0.673. The monoisotopic (exact) mass is 339 g/mol. The number of carbonyl (C=O) groups is 1. The van der Waals surface area contributed by atoms with Crippen LogP contribution in [0.25, 0.3) is 0 Å². The summed E-state index contributed by atoms with van der Waals surface area (Å²) in [5.74, 6) is 0.273. The van der Waals surface area contributed by atoms with Gasteiger partial charge in [0.1, 0.15) is 11.3 Å². The van der Waals surface area contributed by atoms with E-state index in [1.807, 2.05) is 40.7 Å². The third-order valence-corrected chi connectivity index (χ3v) is 3.86. The van der Waals surface area contributed by atoms with E-state index in [0.717, 1.165) is 12.8 Å². The quantitative estimate of drug-likeness (QED) is 0.492. The fraction of sp³-hybridized carbons (Fsp3) is 0.737. The zero-order valence-corrected chi connectivity index (χ0v) is 15.8. The van der Waals surface area contributed by atoms with Gasteiger partial charge in [-0.15, -0.1) is 13.2 Å². The Kier molecular flexibility index (Phi) is 7.49. The third kappa shape index (κ3) is 6.29. The number of allylic oxidation sites excluding steroid dienone is 1. The first kappa shape index (κ1) is 20.7. The van der Waals surface area contributed by atoms with Crippen molar-refractivity contribution in [1.82, 2.24) is 4.90 Å². The van der Waals surface area contributed by atoms with E-state index in [9.17, 15) is 4.79 Å². The molecule has 1 rings (SSSR count). The Hall–Kier alpha value is -1.33. The van der Waals surface area contributed by atoms with Gasteiger partial charge in [-0.1, -0.05) is 12.2 Å². The topological polar surface area (TPSA) is 48.0 Å². The van der Waals surface area contributed by atoms with E-state index in [1.54, 1.807) is 11.0 Å². The van der Waals surface area contributed by atoms with E-state index in [2.05, 4.69) is 13.2 Å². The molecular weight excluding hydrogens is 306 g/mol. The van der Waals surface area contributed by atoms with Crippen LogP contribution in [0, 0.1) is 5.92 Å². The molecule has 1 aliphatic rings. The number of hydrogen-bond donors (Lipinski definition) is 0. The van der Waals surface area contributed by atoms with Gasteiger partial charge in [-0.3, -0.25) is 4.90 Å². The summed E-state index contributed by atoms with van der Waals surface area (Å²) >= 11 is 0. The van der Waals surface area contributed by atoms with Crippen molar-refractivity contribution in [3.8, 4) is 0 Å². The van der Waals surface area contributed by atoms with Crippen LogP contribution in [-0.4, -0.2) is 48.2 Å². The van der Waals surface area contributed by atoms with Crippen LogP contribution in [0.5, 0.6) is 0 Å². The van der Waals surface area contributed by atoms with E-state index in [1.165, 1.54) is 0 Å². The number of amides is 1. The molecule has 0 aliphatic carbocycles. The Morgan fingerprint density at radius 1 is 1.38 bits per heavy atom. The molecule has 24 heavy (non-hydrogen) atoms. The number of hydrogen-bond acceptors (Lipinski definition) is 4. The molecule has 2 atom stereocenters. The highest BCUT2D eigenvalue weighted by molar-refractivity contribution is 5.69. The van der Waals surface area contributed by atoms with E-state index in [-0.39, 0.29) is 18.1 Å². The number of nitrogens with zero attached hydrogens (tertiary/aromatic N) is 1. The molecule has 5 nitrogen and oxygen atoms in total. The summed E-state index contributed by atoms with van der Waals surface area (Å²) in [7, 11) is 0. The fourth-order valence-corrected chi connectivity index (χ4v) is 2.91. The molecule has 1 aliphatic heterocycles. The van der Waals surface area contributed by atoms with E-state index >= 15 is 0 Å². The molecule has 1 heterocycles. The summed E-state index contributed by atoms with van der Waals surface area (Å²) in [6.07, 6.45) is 4.90. The summed E-state index contributed by atoms with van der Waals surface area (Å²) in [6, 6.07) is -0.0351. The van der Waals surface area contributed by atoms with Gasteiger partial charge < -0.3 is 14.2 Å². The maximum atomic E-state index is 12.6. The SMILES string of the molecule is C=CCOC[C@H](CC=C)C[C@H]1COC(C)(C)N1C(=O)OC(C)(C)C. The Morgan fingerprint density at radius 2 is 2.04 bits per heavy atom. The van der Waals surface area contributed by atoms with Crippen molar-refractivity contribution in [1.29, 1.82) is 0 Å². The summed E-state index contributed by atoms with van der Waals surface area (Å²) < 4.78 is 17.0. The Morgan fingerprint density at radius 3 is 2.58 bits per heavy atom. The molecule has 138 valence electrons. The molecule has 0 aromatic carbocycles. The van der Waals surface area contributed by atoms with Gasteiger partial charge in [0.2, 0.25) is 0 Å². The summed E-state index contributed by atoms with van der Waals surface area (Å²) in [6.45, 7) is 18.5. The first-order valence-electron chi connectivity index (χ1n) is 8.56. The predicted octanol–water partition coefficient (Wildman–Crippen LogP) is 4.14. The maximum Gasteiger partial charge on any atom is 0.412 e. The van der Waals surface area contributed by atoms with Crippen LogP contribution in [0.15, 0.2) is 25.3 Å². The normalized spacial score (nSPS) is 21.4. The van der Waals surface area contributed by atoms with Crippen molar-refractivity contribution in [3.05, 3.63) is 25.3 Å². The molecule has 5 heteroatoms. The first-order valence-corrected chi connectivity index (χ1v) is 8.56. The zero-order valence-electron chi connectivity index (χ0n) is 15.8. The molecular formula is C19H33NO4. The zero-order chi connectivity index (χ0) is 18.4. The van der Waals surface area contributed by atoms with Gasteiger partial charge in [-0.2, -0.15) is 0 Å². The molecule has 0 unspecified atom stereocenters.